The van der Waals surface area contributed by atoms with Gasteiger partial charge < -0.3 is 19.5 Å². The Morgan fingerprint density at radius 1 is 1.10 bits per heavy atom. The lowest BCUT2D eigenvalue weighted by Gasteiger charge is -2.21. The molecule has 1 aliphatic heterocycles. The SMILES string of the molecule is COc1ccc(NC(=O)COC(=O)[C@H](C)N2C(=O)[C@H]3CCCC[C@@H]3C2=O)c(OC)c1. The van der Waals surface area contributed by atoms with Gasteiger partial charge >= 0.3 is 5.97 Å². The van der Waals surface area contributed by atoms with Crippen LogP contribution in [0.15, 0.2) is 18.2 Å². The maximum Gasteiger partial charge on any atom is 0.329 e. The molecule has 0 spiro atoms. The lowest BCUT2D eigenvalue weighted by molar-refractivity contribution is -0.159. The van der Waals surface area contributed by atoms with Crippen molar-refractivity contribution in [3.8, 4) is 11.5 Å². The third-order valence-electron chi connectivity index (χ3n) is 5.63. The molecule has 9 nitrogen and oxygen atoms in total. The molecule has 1 saturated heterocycles. The van der Waals surface area contributed by atoms with E-state index < -0.39 is 24.5 Å². The van der Waals surface area contributed by atoms with Crippen molar-refractivity contribution in [2.75, 3.05) is 26.1 Å². The molecule has 1 aromatic rings. The van der Waals surface area contributed by atoms with Gasteiger partial charge in [0.1, 0.15) is 17.5 Å². The van der Waals surface area contributed by atoms with Crippen LogP contribution in [0.1, 0.15) is 32.6 Å². The van der Waals surface area contributed by atoms with E-state index in [4.69, 9.17) is 14.2 Å². The van der Waals surface area contributed by atoms with Crippen molar-refractivity contribution in [3.05, 3.63) is 18.2 Å². The Morgan fingerprint density at radius 2 is 1.73 bits per heavy atom. The van der Waals surface area contributed by atoms with E-state index in [1.54, 1.807) is 18.2 Å². The van der Waals surface area contributed by atoms with E-state index in [9.17, 15) is 19.2 Å². The van der Waals surface area contributed by atoms with Gasteiger partial charge in [-0.3, -0.25) is 19.3 Å². The summed E-state index contributed by atoms with van der Waals surface area (Å²) in [5.41, 5.74) is 0.390. The standard InChI is InChI=1S/C21H26N2O7/c1-12(23-19(25)14-6-4-5-7-15(14)20(23)26)21(27)30-11-18(24)22-16-9-8-13(28-2)10-17(16)29-3/h8-10,12,14-15H,4-7,11H2,1-3H3,(H,22,24)/t12-,14-,15-/m0/s1. The summed E-state index contributed by atoms with van der Waals surface area (Å²) in [5, 5.41) is 2.59. The zero-order chi connectivity index (χ0) is 21.8. The highest BCUT2D eigenvalue weighted by Crippen LogP contribution is 2.39. The number of nitrogens with zero attached hydrogens (tertiary/aromatic N) is 1. The summed E-state index contributed by atoms with van der Waals surface area (Å²) in [6, 6.07) is 3.78. The zero-order valence-corrected chi connectivity index (χ0v) is 17.3. The number of carbonyl (C=O) groups excluding carboxylic acids is 4. The fourth-order valence-electron chi connectivity index (χ4n) is 4.02. The lowest BCUT2D eigenvalue weighted by Crippen LogP contribution is -2.45. The molecule has 0 aromatic heterocycles. The molecule has 3 rings (SSSR count). The number of benzene rings is 1. The Hall–Kier alpha value is -3.10. The predicted octanol–water partition coefficient (Wildman–Crippen LogP) is 1.75. The molecule has 3 amide bonds. The predicted molar refractivity (Wildman–Crippen MR) is 106 cm³/mol. The maximum absolute atomic E-state index is 12.6. The molecule has 9 heteroatoms. The van der Waals surface area contributed by atoms with Crippen molar-refractivity contribution < 1.29 is 33.4 Å². The minimum absolute atomic E-state index is 0.318. The first-order valence-electron chi connectivity index (χ1n) is 9.92. The van der Waals surface area contributed by atoms with Gasteiger partial charge in [-0.1, -0.05) is 12.8 Å². The number of amides is 3. The van der Waals surface area contributed by atoms with Crippen LogP contribution in [0.25, 0.3) is 0 Å². The number of hydrogen-bond donors (Lipinski definition) is 1. The first-order chi connectivity index (χ1) is 14.4. The Kier molecular flexibility index (Phi) is 6.59. The normalized spacial score (nSPS) is 21.6. The molecule has 162 valence electrons. The number of rotatable bonds is 7. The highest BCUT2D eigenvalue weighted by Gasteiger charge is 2.51. The molecule has 2 fully saturated rings. The number of fused-ring (bicyclic) bond motifs is 1. The fourth-order valence-corrected chi connectivity index (χ4v) is 4.02. The van der Waals surface area contributed by atoms with Crippen molar-refractivity contribution >= 4 is 29.4 Å². The summed E-state index contributed by atoms with van der Waals surface area (Å²) < 4.78 is 15.4. The summed E-state index contributed by atoms with van der Waals surface area (Å²) in [4.78, 5) is 50.8. The van der Waals surface area contributed by atoms with Gasteiger partial charge in [-0.25, -0.2) is 4.79 Å². The average Bonchev–Trinajstić information content (AvgIpc) is 3.02. The second kappa shape index (κ2) is 9.15. The number of anilines is 1. The molecule has 0 radical (unpaired) electrons. The lowest BCUT2D eigenvalue weighted by atomic mass is 9.81. The summed E-state index contributed by atoms with van der Waals surface area (Å²) in [7, 11) is 2.96. The molecule has 1 aromatic carbocycles. The highest BCUT2D eigenvalue weighted by molar-refractivity contribution is 6.08. The van der Waals surface area contributed by atoms with Crippen molar-refractivity contribution in [1.29, 1.82) is 0 Å². The molecular weight excluding hydrogens is 392 g/mol. The second-order valence-corrected chi connectivity index (χ2v) is 7.44. The van der Waals surface area contributed by atoms with Gasteiger partial charge in [0, 0.05) is 6.07 Å². The van der Waals surface area contributed by atoms with Gasteiger partial charge in [-0.2, -0.15) is 0 Å². The first-order valence-corrected chi connectivity index (χ1v) is 9.92. The van der Waals surface area contributed by atoms with E-state index in [-0.39, 0.29) is 23.7 Å². The molecule has 0 unspecified atom stereocenters. The Balaban J connectivity index is 1.57. The minimum atomic E-state index is -1.07. The van der Waals surface area contributed by atoms with Crippen LogP contribution in [0, 0.1) is 11.8 Å². The van der Waals surface area contributed by atoms with E-state index in [1.165, 1.54) is 21.1 Å². The number of nitrogens with one attached hydrogen (secondary N) is 1. The summed E-state index contributed by atoms with van der Waals surface area (Å²) in [5.74, 6) is -1.74. The van der Waals surface area contributed by atoms with E-state index in [1.807, 2.05) is 0 Å². The van der Waals surface area contributed by atoms with Gasteiger partial charge in [0.2, 0.25) is 11.8 Å². The molecular formula is C21H26N2O7. The third-order valence-corrected chi connectivity index (χ3v) is 5.63. The molecule has 2 aliphatic rings. The number of esters is 1. The number of likely N-dealkylation sites (tertiary alicyclic amines) is 1. The van der Waals surface area contributed by atoms with Crippen molar-refractivity contribution in [2.24, 2.45) is 11.8 Å². The van der Waals surface area contributed by atoms with Crippen LogP contribution < -0.4 is 14.8 Å². The first kappa shape index (κ1) is 21.6. The van der Waals surface area contributed by atoms with Crippen LogP contribution in [0.4, 0.5) is 5.69 Å². The number of hydrogen-bond acceptors (Lipinski definition) is 7. The number of methoxy groups -OCH3 is 2. The Bertz CT molecular complexity index is 830. The van der Waals surface area contributed by atoms with Crippen molar-refractivity contribution in [1.82, 2.24) is 4.90 Å². The van der Waals surface area contributed by atoms with Crippen LogP contribution in [-0.4, -0.2) is 55.5 Å². The monoisotopic (exact) mass is 418 g/mol. The van der Waals surface area contributed by atoms with Crippen molar-refractivity contribution in [3.63, 3.8) is 0 Å². The molecule has 1 aliphatic carbocycles. The summed E-state index contributed by atoms with van der Waals surface area (Å²) >= 11 is 0. The van der Waals surface area contributed by atoms with E-state index in [0.717, 1.165) is 17.7 Å². The van der Waals surface area contributed by atoms with Gasteiger partial charge in [0.15, 0.2) is 6.61 Å². The van der Waals surface area contributed by atoms with Gasteiger partial charge in [-0.05, 0) is 31.9 Å². The van der Waals surface area contributed by atoms with E-state index >= 15 is 0 Å². The quantitative estimate of drug-likeness (QED) is 0.530. The highest BCUT2D eigenvalue weighted by atomic mass is 16.5. The van der Waals surface area contributed by atoms with Crippen LogP contribution in [-0.2, 0) is 23.9 Å². The van der Waals surface area contributed by atoms with Gasteiger partial charge in [-0.15, -0.1) is 0 Å². The van der Waals surface area contributed by atoms with Gasteiger partial charge in [0.05, 0.1) is 31.7 Å². The number of carbonyl (C=O) groups is 4. The Morgan fingerprint density at radius 3 is 2.30 bits per heavy atom. The van der Waals surface area contributed by atoms with Crippen LogP contribution in [0.5, 0.6) is 11.5 Å². The molecule has 1 N–H and O–H groups in total. The molecule has 0 bridgehead atoms. The molecule has 3 atom stereocenters. The zero-order valence-electron chi connectivity index (χ0n) is 17.3. The van der Waals surface area contributed by atoms with Crippen LogP contribution in [0.3, 0.4) is 0 Å². The van der Waals surface area contributed by atoms with E-state index in [2.05, 4.69) is 5.32 Å². The van der Waals surface area contributed by atoms with Crippen LogP contribution >= 0.6 is 0 Å². The number of ether oxygens (including phenoxy) is 3. The molecule has 1 heterocycles. The average molecular weight is 418 g/mol. The Labute approximate surface area is 174 Å². The molecule has 1 saturated carbocycles. The smallest absolute Gasteiger partial charge is 0.329 e. The van der Waals surface area contributed by atoms with Crippen LogP contribution in [0.2, 0.25) is 0 Å². The maximum atomic E-state index is 12.6. The summed E-state index contributed by atoms with van der Waals surface area (Å²) in [6.45, 7) is 0.890. The largest absolute Gasteiger partial charge is 0.497 e. The minimum Gasteiger partial charge on any atom is -0.497 e. The topological polar surface area (TPSA) is 111 Å². The summed E-state index contributed by atoms with van der Waals surface area (Å²) in [6.07, 6.45) is 3.14. The molecule has 30 heavy (non-hydrogen) atoms. The third kappa shape index (κ3) is 4.24. The van der Waals surface area contributed by atoms with E-state index in [0.29, 0.717) is 30.0 Å². The fraction of sp³-hybridized carbons (Fsp3) is 0.524. The second-order valence-electron chi connectivity index (χ2n) is 7.44. The van der Waals surface area contributed by atoms with Gasteiger partial charge in [0.25, 0.3) is 5.91 Å². The van der Waals surface area contributed by atoms with Crippen molar-refractivity contribution in [2.45, 2.75) is 38.6 Å². The number of imide groups is 1.